The molecule has 0 heterocycles. The number of ether oxygens (including phenoxy) is 2. The molecule has 0 saturated heterocycles. The van der Waals surface area contributed by atoms with Gasteiger partial charge in [0, 0.05) is 25.7 Å². The highest BCUT2D eigenvalue weighted by Crippen LogP contribution is 2.20. The molecule has 2 rings (SSSR count). The molecule has 0 bridgehead atoms. The maximum Gasteiger partial charge on any atom is 0.188 e. The average molecular weight is 287 g/mol. The Bertz CT molecular complexity index is 584. The molecule has 3 nitrogen and oxygen atoms in total. The first kappa shape index (κ1) is 14.7. The number of nitrogens with zero attached hydrogens (tertiary/aromatic N) is 1. The van der Waals surface area contributed by atoms with E-state index >= 15 is 0 Å². The summed E-state index contributed by atoms with van der Waals surface area (Å²) in [5, 5.41) is 2.42. The Morgan fingerprint density at radius 3 is 2.50 bits per heavy atom. The number of hydrogen-bond acceptors (Lipinski definition) is 3. The van der Waals surface area contributed by atoms with Gasteiger partial charge in [0.1, 0.15) is 5.75 Å². The lowest BCUT2D eigenvalue weighted by Crippen LogP contribution is -2.12. The second kappa shape index (κ2) is 7.78. The van der Waals surface area contributed by atoms with Gasteiger partial charge >= 0.3 is 0 Å². The monoisotopic (exact) mass is 287 g/mol. The van der Waals surface area contributed by atoms with E-state index in [1.54, 1.807) is 14.2 Å². The molecule has 0 aromatic heterocycles. The molecule has 0 amide bonds. The minimum absolute atomic E-state index is 0.263. The van der Waals surface area contributed by atoms with Crippen molar-refractivity contribution in [2.45, 2.75) is 0 Å². The van der Waals surface area contributed by atoms with Gasteiger partial charge in [0.2, 0.25) is 0 Å². The van der Waals surface area contributed by atoms with Gasteiger partial charge in [-0.3, -0.25) is 4.99 Å². The van der Waals surface area contributed by atoms with Crippen molar-refractivity contribution in [1.82, 2.24) is 0 Å². The smallest absolute Gasteiger partial charge is 0.188 e. The molecule has 1 atom stereocenters. The highest BCUT2D eigenvalue weighted by molar-refractivity contribution is 7.56. The second-order valence-electron chi connectivity index (χ2n) is 4.15. The summed E-state index contributed by atoms with van der Waals surface area (Å²) in [4.78, 5) is 4.11. The van der Waals surface area contributed by atoms with E-state index < -0.39 is 0 Å². The molecule has 2 aromatic carbocycles. The molecule has 104 valence electrons. The number of aliphatic imine (C=N–C) groups is 1. The molecular formula is C16H18NO2P. The first-order valence-electron chi connectivity index (χ1n) is 6.34. The molecule has 0 saturated carbocycles. The third-order valence-electron chi connectivity index (χ3n) is 2.72. The van der Waals surface area contributed by atoms with Crippen LogP contribution in [0.1, 0.15) is 5.56 Å². The summed E-state index contributed by atoms with van der Waals surface area (Å²) in [7, 11) is 3.93. The zero-order chi connectivity index (χ0) is 14.2. The Morgan fingerprint density at radius 2 is 1.75 bits per heavy atom. The zero-order valence-corrected chi connectivity index (χ0v) is 12.7. The number of rotatable bonds is 6. The van der Waals surface area contributed by atoms with Crippen molar-refractivity contribution in [3.8, 4) is 5.75 Å². The van der Waals surface area contributed by atoms with Crippen molar-refractivity contribution < 1.29 is 9.47 Å². The van der Waals surface area contributed by atoms with Gasteiger partial charge in [-0.25, -0.2) is 0 Å². The average Bonchev–Trinajstić information content (AvgIpc) is 2.49. The third-order valence-corrected chi connectivity index (χ3v) is 4.12. The van der Waals surface area contributed by atoms with Crippen LogP contribution < -0.4 is 15.3 Å². The molecule has 0 aliphatic rings. The Hall–Kier alpha value is -1.70. The van der Waals surface area contributed by atoms with Crippen LogP contribution in [0.2, 0.25) is 0 Å². The van der Waals surface area contributed by atoms with Gasteiger partial charge in [0.15, 0.2) is 6.79 Å². The number of benzene rings is 2. The second-order valence-corrected chi connectivity index (χ2v) is 5.47. The highest BCUT2D eigenvalue weighted by atomic mass is 31.1. The molecule has 20 heavy (non-hydrogen) atoms. The minimum atomic E-state index is 0.263. The quantitative estimate of drug-likeness (QED) is 0.464. The normalized spacial score (nSPS) is 11.5. The van der Waals surface area contributed by atoms with Crippen LogP contribution in [-0.2, 0) is 4.74 Å². The SMILES string of the molecule is CN=Cc1ccccc1Pc1ccccc1OCOC. The van der Waals surface area contributed by atoms with Gasteiger partial charge in [-0.05, 0) is 16.9 Å². The molecule has 0 radical (unpaired) electrons. The van der Waals surface area contributed by atoms with E-state index in [1.165, 1.54) is 10.6 Å². The summed E-state index contributed by atoms with van der Waals surface area (Å²) in [6.07, 6.45) is 1.89. The molecule has 0 fully saturated rings. The fraction of sp³-hybridized carbons (Fsp3) is 0.188. The maximum absolute atomic E-state index is 5.61. The van der Waals surface area contributed by atoms with Gasteiger partial charge < -0.3 is 9.47 Å². The molecule has 0 spiro atoms. The van der Waals surface area contributed by atoms with Crippen LogP contribution in [0.5, 0.6) is 5.75 Å². The van der Waals surface area contributed by atoms with Crippen molar-refractivity contribution in [1.29, 1.82) is 0 Å². The highest BCUT2D eigenvalue weighted by Gasteiger charge is 2.06. The largest absolute Gasteiger partial charge is 0.467 e. The summed E-state index contributed by atoms with van der Waals surface area (Å²) in [6.45, 7) is 0.263. The van der Waals surface area contributed by atoms with Crippen LogP contribution in [0.3, 0.4) is 0 Å². The third kappa shape index (κ3) is 3.89. The van der Waals surface area contributed by atoms with E-state index in [0.717, 1.165) is 11.3 Å². The fourth-order valence-electron chi connectivity index (χ4n) is 1.83. The van der Waals surface area contributed by atoms with Crippen molar-refractivity contribution in [3.63, 3.8) is 0 Å². The first-order chi connectivity index (χ1) is 9.85. The molecule has 2 aromatic rings. The molecule has 0 aliphatic heterocycles. The van der Waals surface area contributed by atoms with Gasteiger partial charge in [-0.15, -0.1) is 0 Å². The van der Waals surface area contributed by atoms with Crippen molar-refractivity contribution >= 4 is 25.4 Å². The predicted octanol–water partition coefficient (Wildman–Crippen LogP) is 2.35. The Labute approximate surface area is 121 Å². The van der Waals surface area contributed by atoms with Crippen LogP contribution in [0.4, 0.5) is 0 Å². The molecular weight excluding hydrogens is 269 g/mol. The maximum atomic E-state index is 5.61. The van der Waals surface area contributed by atoms with Crippen molar-refractivity contribution in [2.75, 3.05) is 21.0 Å². The van der Waals surface area contributed by atoms with Crippen LogP contribution in [0, 0.1) is 0 Å². The standard InChI is InChI=1S/C16H18NO2P/c1-17-11-13-7-3-5-9-15(13)20-16-10-6-4-8-14(16)19-12-18-2/h3-11,20H,12H2,1-2H3. The number of hydrogen-bond donors (Lipinski definition) is 0. The van der Waals surface area contributed by atoms with Crippen LogP contribution in [-0.4, -0.2) is 27.2 Å². The Balaban J connectivity index is 2.26. The number of methoxy groups -OCH3 is 1. The Kier molecular flexibility index (Phi) is 5.72. The molecule has 0 aliphatic carbocycles. The lowest BCUT2D eigenvalue weighted by Gasteiger charge is -2.12. The predicted molar refractivity (Wildman–Crippen MR) is 86.5 cm³/mol. The van der Waals surface area contributed by atoms with Crippen LogP contribution in [0.15, 0.2) is 53.5 Å². The minimum Gasteiger partial charge on any atom is -0.467 e. The summed E-state index contributed by atoms with van der Waals surface area (Å²) < 4.78 is 10.6. The zero-order valence-electron chi connectivity index (χ0n) is 11.7. The van der Waals surface area contributed by atoms with Gasteiger partial charge in [-0.1, -0.05) is 51.0 Å². The van der Waals surface area contributed by atoms with E-state index in [1.807, 2.05) is 36.5 Å². The van der Waals surface area contributed by atoms with Gasteiger partial charge in [0.25, 0.3) is 0 Å². The van der Waals surface area contributed by atoms with Gasteiger partial charge in [-0.2, -0.15) is 0 Å². The van der Waals surface area contributed by atoms with Gasteiger partial charge in [0.05, 0.1) is 0 Å². The lowest BCUT2D eigenvalue weighted by molar-refractivity contribution is 0.0519. The van der Waals surface area contributed by atoms with Crippen LogP contribution >= 0.6 is 8.58 Å². The van der Waals surface area contributed by atoms with Crippen molar-refractivity contribution in [3.05, 3.63) is 54.1 Å². The molecule has 0 N–H and O–H groups in total. The molecule has 4 heteroatoms. The summed E-state index contributed by atoms with van der Waals surface area (Å²) in [5.41, 5.74) is 1.15. The summed E-state index contributed by atoms with van der Waals surface area (Å²) >= 11 is 0. The fourth-order valence-corrected chi connectivity index (χ4v) is 3.05. The molecule has 1 unspecified atom stereocenters. The van der Waals surface area contributed by atoms with E-state index in [9.17, 15) is 0 Å². The topological polar surface area (TPSA) is 30.8 Å². The first-order valence-corrected chi connectivity index (χ1v) is 7.34. The summed E-state index contributed by atoms with van der Waals surface area (Å²) in [6, 6.07) is 16.3. The lowest BCUT2D eigenvalue weighted by atomic mass is 10.2. The van der Waals surface area contributed by atoms with E-state index in [-0.39, 0.29) is 6.79 Å². The van der Waals surface area contributed by atoms with Crippen molar-refractivity contribution in [2.24, 2.45) is 4.99 Å². The number of para-hydroxylation sites is 1. The Morgan fingerprint density at radius 1 is 1.05 bits per heavy atom. The van der Waals surface area contributed by atoms with E-state index in [4.69, 9.17) is 9.47 Å². The van der Waals surface area contributed by atoms with E-state index in [2.05, 4.69) is 23.2 Å². The summed E-state index contributed by atoms with van der Waals surface area (Å²) in [5.74, 6) is 0.871. The van der Waals surface area contributed by atoms with Crippen LogP contribution in [0.25, 0.3) is 0 Å². The van der Waals surface area contributed by atoms with E-state index in [0.29, 0.717) is 8.58 Å².